The van der Waals surface area contributed by atoms with Crippen LogP contribution in [-0.4, -0.2) is 9.78 Å². The Morgan fingerprint density at radius 2 is 2.23 bits per heavy atom. The maximum Gasteiger partial charge on any atom is 0.153 e. The van der Waals surface area contributed by atoms with Crippen molar-refractivity contribution in [1.82, 2.24) is 9.78 Å². The van der Waals surface area contributed by atoms with Gasteiger partial charge in [0.25, 0.3) is 0 Å². The first-order valence-corrected chi connectivity index (χ1v) is 4.43. The molecule has 0 aliphatic rings. The lowest BCUT2D eigenvalue weighted by atomic mass is 10.1. The zero-order valence-corrected chi connectivity index (χ0v) is 7.91. The highest BCUT2D eigenvalue weighted by Gasteiger charge is 2.04. The molecule has 0 fully saturated rings. The fraction of sp³-hybridized carbons (Fsp3) is 0.300. The van der Waals surface area contributed by atoms with Gasteiger partial charge >= 0.3 is 0 Å². The molecule has 1 heterocycles. The average molecular weight is 175 g/mol. The number of hydrogen-bond donors (Lipinski definition) is 1. The molecule has 13 heavy (non-hydrogen) atoms. The van der Waals surface area contributed by atoms with Gasteiger partial charge in [-0.2, -0.15) is 5.10 Å². The highest BCUT2D eigenvalue weighted by molar-refractivity contribution is 5.89. The Labute approximate surface area is 77.2 Å². The van der Waals surface area contributed by atoms with Gasteiger partial charge in [-0.15, -0.1) is 0 Å². The number of nitrogens with two attached hydrogens (primary N) is 1. The molecule has 0 bridgehead atoms. The van der Waals surface area contributed by atoms with Crippen LogP contribution in [0, 0.1) is 0 Å². The third-order valence-electron chi connectivity index (χ3n) is 2.35. The summed E-state index contributed by atoms with van der Waals surface area (Å²) in [6.45, 7) is 2.13. The van der Waals surface area contributed by atoms with Crippen molar-refractivity contribution in [2.45, 2.75) is 13.3 Å². The van der Waals surface area contributed by atoms with Gasteiger partial charge in [0.05, 0.1) is 5.52 Å². The Morgan fingerprint density at radius 3 is 2.92 bits per heavy atom. The first-order chi connectivity index (χ1) is 6.22. The molecule has 1 aromatic carbocycles. The molecule has 0 unspecified atom stereocenters. The van der Waals surface area contributed by atoms with E-state index < -0.39 is 0 Å². The Balaban J connectivity index is 2.76. The van der Waals surface area contributed by atoms with E-state index in [4.69, 9.17) is 5.73 Å². The van der Waals surface area contributed by atoms with Gasteiger partial charge in [-0.3, -0.25) is 4.68 Å². The van der Waals surface area contributed by atoms with E-state index in [9.17, 15) is 0 Å². The fourth-order valence-electron chi connectivity index (χ4n) is 1.56. The highest BCUT2D eigenvalue weighted by Crippen LogP contribution is 2.21. The Bertz CT molecular complexity index is 443. The van der Waals surface area contributed by atoms with Crippen LogP contribution >= 0.6 is 0 Å². The molecule has 3 heteroatoms. The van der Waals surface area contributed by atoms with Gasteiger partial charge in [0.1, 0.15) is 0 Å². The predicted octanol–water partition coefficient (Wildman–Crippen LogP) is 1.72. The maximum absolute atomic E-state index is 5.77. The summed E-state index contributed by atoms with van der Waals surface area (Å²) >= 11 is 0. The summed E-state index contributed by atoms with van der Waals surface area (Å²) in [6.07, 6.45) is 1.03. The van der Waals surface area contributed by atoms with Crippen molar-refractivity contribution in [3.63, 3.8) is 0 Å². The van der Waals surface area contributed by atoms with Gasteiger partial charge in [-0.25, -0.2) is 0 Å². The first-order valence-electron chi connectivity index (χ1n) is 4.43. The molecule has 0 atom stereocenters. The molecule has 2 N–H and O–H groups in total. The van der Waals surface area contributed by atoms with Crippen molar-refractivity contribution in [3.05, 3.63) is 23.8 Å². The van der Waals surface area contributed by atoms with Crippen LogP contribution in [0.2, 0.25) is 0 Å². The smallest absolute Gasteiger partial charge is 0.153 e. The van der Waals surface area contributed by atoms with Crippen molar-refractivity contribution in [2.75, 3.05) is 5.73 Å². The third-order valence-corrected chi connectivity index (χ3v) is 2.35. The van der Waals surface area contributed by atoms with E-state index in [1.54, 1.807) is 0 Å². The second kappa shape index (κ2) is 2.76. The lowest BCUT2D eigenvalue weighted by molar-refractivity contribution is 0.802. The predicted molar refractivity (Wildman–Crippen MR) is 54.5 cm³/mol. The van der Waals surface area contributed by atoms with Crippen molar-refractivity contribution in [3.8, 4) is 0 Å². The van der Waals surface area contributed by atoms with Crippen LogP contribution in [0.15, 0.2) is 18.2 Å². The van der Waals surface area contributed by atoms with Crippen molar-refractivity contribution in [2.24, 2.45) is 7.05 Å². The number of aromatic nitrogens is 2. The number of rotatable bonds is 1. The molecule has 0 saturated carbocycles. The summed E-state index contributed by atoms with van der Waals surface area (Å²) in [5, 5.41) is 5.22. The van der Waals surface area contributed by atoms with Crippen molar-refractivity contribution < 1.29 is 0 Å². The molecular formula is C10H13N3. The second-order valence-electron chi connectivity index (χ2n) is 3.21. The summed E-state index contributed by atoms with van der Waals surface area (Å²) in [5.41, 5.74) is 8.16. The lowest BCUT2D eigenvalue weighted by Gasteiger charge is -1.97. The van der Waals surface area contributed by atoms with Gasteiger partial charge in [0, 0.05) is 12.4 Å². The molecule has 0 aliphatic heterocycles. The van der Waals surface area contributed by atoms with Crippen LogP contribution < -0.4 is 5.73 Å². The average Bonchev–Trinajstić information content (AvgIpc) is 2.42. The lowest BCUT2D eigenvalue weighted by Crippen LogP contribution is -1.91. The zero-order chi connectivity index (χ0) is 9.42. The maximum atomic E-state index is 5.77. The van der Waals surface area contributed by atoms with E-state index in [1.165, 1.54) is 5.56 Å². The number of benzene rings is 1. The Kier molecular flexibility index (Phi) is 1.72. The number of nitrogens with zero attached hydrogens (tertiary/aromatic N) is 2. The summed E-state index contributed by atoms with van der Waals surface area (Å²) in [6, 6.07) is 6.29. The quantitative estimate of drug-likeness (QED) is 0.717. The van der Waals surface area contributed by atoms with E-state index in [0.29, 0.717) is 5.82 Å². The minimum atomic E-state index is 0.618. The number of aryl methyl sites for hydroxylation is 2. The molecule has 2 aromatic rings. The third kappa shape index (κ3) is 1.16. The van der Waals surface area contributed by atoms with Crippen molar-refractivity contribution >= 4 is 16.7 Å². The first kappa shape index (κ1) is 8.10. The van der Waals surface area contributed by atoms with Gasteiger partial charge in [0.2, 0.25) is 0 Å². The van der Waals surface area contributed by atoms with Crippen LogP contribution in [0.25, 0.3) is 10.9 Å². The topological polar surface area (TPSA) is 43.8 Å². The van der Waals surface area contributed by atoms with E-state index in [0.717, 1.165) is 17.3 Å². The monoisotopic (exact) mass is 175 g/mol. The summed E-state index contributed by atoms with van der Waals surface area (Å²) < 4.78 is 1.81. The van der Waals surface area contributed by atoms with Crippen LogP contribution in [0.4, 0.5) is 5.82 Å². The van der Waals surface area contributed by atoms with Crippen LogP contribution in [-0.2, 0) is 13.5 Å². The highest BCUT2D eigenvalue weighted by atomic mass is 15.3. The number of nitrogen functional groups attached to an aromatic ring is 1. The minimum Gasteiger partial charge on any atom is -0.382 e. The normalized spacial score (nSPS) is 10.9. The number of anilines is 1. The molecule has 0 radical (unpaired) electrons. The molecule has 1 aromatic heterocycles. The molecule has 0 amide bonds. The molecule has 3 nitrogen and oxygen atoms in total. The second-order valence-corrected chi connectivity index (χ2v) is 3.21. The van der Waals surface area contributed by atoms with Crippen LogP contribution in [0.1, 0.15) is 12.5 Å². The van der Waals surface area contributed by atoms with Gasteiger partial charge in [-0.05, 0) is 24.1 Å². The van der Waals surface area contributed by atoms with Gasteiger partial charge < -0.3 is 5.73 Å². The number of fused-ring (bicyclic) bond motifs is 1. The molecule has 2 rings (SSSR count). The summed E-state index contributed by atoms with van der Waals surface area (Å²) in [7, 11) is 1.91. The van der Waals surface area contributed by atoms with Crippen molar-refractivity contribution in [1.29, 1.82) is 0 Å². The summed E-state index contributed by atoms with van der Waals surface area (Å²) in [4.78, 5) is 0. The van der Waals surface area contributed by atoms with E-state index >= 15 is 0 Å². The molecule has 68 valence electrons. The van der Waals surface area contributed by atoms with E-state index in [-0.39, 0.29) is 0 Å². The summed E-state index contributed by atoms with van der Waals surface area (Å²) in [5.74, 6) is 0.618. The largest absolute Gasteiger partial charge is 0.382 e. The van der Waals surface area contributed by atoms with Crippen LogP contribution in [0.5, 0.6) is 0 Å². The molecule has 0 spiro atoms. The Morgan fingerprint density at radius 1 is 1.46 bits per heavy atom. The molecule has 0 saturated heterocycles. The number of hydrogen-bond acceptors (Lipinski definition) is 2. The van der Waals surface area contributed by atoms with Gasteiger partial charge in [0.15, 0.2) is 5.82 Å². The van der Waals surface area contributed by atoms with Crippen LogP contribution in [0.3, 0.4) is 0 Å². The minimum absolute atomic E-state index is 0.618. The van der Waals surface area contributed by atoms with E-state index in [2.05, 4.69) is 30.2 Å². The Hall–Kier alpha value is -1.51. The van der Waals surface area contributed by atoms with Gasteiger partial charge in [-0.1, -0.05) is 13.0 Å². The fourth-order valence-corrected chi connectivity index (χ4v) is 1.56. The van der Waals surface area contributed by atoms with E-state index in [1.807, 2.05) is 11.7 Å². The molecule has 0 aliphatic carbocycles. The SMILES string of the molecule is CCc1ccc2c(c1)c(N)nn2C. The zero-order valence-electron chi connectivity index (χ0n) is 7.91. The molecular weight excluding hydrogens is 162 g/mol. The standard InChI is InChI=1S/C10H13N3/c1-3-7-4-5-9-8(6-7)10(11)12-13(9)2/h4-6H,3H2,1-2H3,(H2,11,12).